The number of carbonyl (C=O) groups excluding carboxylic acids is 1. The summed E-state index contributed by atoms with van der Waals surface area (Å²) < 4.78 is 20.3. The second kappa shape index (κ2) is 9.34. The Kier molecular flexibility index (Phi) is 5.74. The van der Waals surface area contributed by atoms with Crippen molar-refractivity contribution in [1.29, 1.82) is 0 Å². The number of allylic oxidation sites excluding steroid dienone is 3. The van der Waals surface area contributed by atoms with Crippen molar-refractivity contribution in [2.75, 3.05) is 0 Å². The van der Waals surface area contributed by atoms with Crippen molar-refractivity contribution in [3.05, 3.63) is 113 Å². The standard InChI is InChI=1S/C31H26NO4/c1-2-32-26-13-6-7-14-27(26)35-29(32)18-16-21-11-8-12-24-19-23-15-17-25(20-28(23)36-30(21)24)34-31(33)22-9-4-3-5-10-22/h3-7,9-10,13-20H,2,8,11-12H2,1H3/q+1. The number of rotatable bonds is 5. The van der Waals surface area contributed by atoms with Crippen LogP contribution in [0.4, 0.5) is 0 Å². The van der Waals surface area contributed by atoms with Gasteiger partial charge in [0.2, 0.25) is 5.58 Å². The zero-order chi connectivity index (χ0) is 24.5. The highest BCUT2D eigenvalue weighted by atomic mass is 16.5. The minimum absolute atomic E-state index is 0.391. The molecule has 4 aromatic rings. The minimum atomic E-state index is -0.391. The van der Waals surface area contributed by atoms with E-state index in [2.05, 4.69) is 29.7 Å². The predicted octanol–water partition coefficient (Wildman–Crippen LogP) is 6.89. The maximum Gasteiger partial charge on any atom is 0.374 e. The molecule has 0 radical (unpaired) electrons. The van der Waals surface area contributed by atoms with E-state index in [1.54, 1.807) is 18.2 Å². The van der Waals surface area contributed by atoms with Crippen molar-refractivity contribution in [3.8, 4) is 11.5 Å². The lowest BCUT2D eigenvalue weighted by atomic mass is 9.90. The van der Waals surface area contributed by atoms with E-state index >= 15 is 0 Å². The van der Waals surface area contributed by atoms with Crippen LogP contribution in [-0.4, -0.2) is 5.97 Å². The van der Waals surface area contributed by atoms with Crippen molar-refractivity contribution in [2.24, 2.45) is 0 Å². The summed E-state index contributed by atoms with van der Waals surface area (Å²) in [6, 6.07) is 22.6. The average molecular weight is 477 g/mol. The average Bonchev–Trinajstić information content (AvgIpc) is 3.28. The fourth-order valence-corrected chi connectivity index (χ4v) is 4.83. The first-order valence-electron chi connectivity index (χ1n) is 12.3. The molecule has 5 heteroatoms. The van der Waals surface area contributed by atoms with E-state index in [-0.39, 0.29) is 0 Å². The first-order chi connectivity index (χ1) is 17.7. The van der Waals surface area contributed by atoms with Gasteiger partial charge < -0.3 is 13.9 Å². The Hall–Kier alpha value is -4.38. The highest BCUT2D eigenvalue weighted by Crippen LogP contribution is 2.41. The highest BCUT2D eigenvalue weighted by molar-refractivity contribution is 5.91. The van der Waals surface area contributed by atoms with Gasteiger partial charge in [0, 0.05) is 17.7 Å². The molecule has 0 saturated carbocycles. The third-order valence-corrected chi connectivity index (χ3v) is 6.60. The molecule has 1 aliphatic carbocycles. The molecular formula is C31H26NO4+. The Morgan fingerprint density at radius 1 is 1.00 bits per heavy atom. The monoisotopic (exact) mass is 476 g/mol. The maximum atomic E-state index is 12.5. The number of benzene rings is 3. The molecule has 0 N–H and O–H groups in total. The van der Waals surface area contributed by atoms with Gasteiger partial charge in [-0.1, -0.05) is 30.3 Å². The number of oxazole rings is 1. The van der Waals surface area contributed by atoms with Gasteiger partial charge in [-0.15, -0.1) is 0 Å². The van der Waals surface area contributed by atoms with Crippen LogP contribution in [0.2, 0.25) is 0 Å². The zero-order valence-electron chi connectivity index (χ0n) is 20.1. The van der Waals surface area contributed by atoms with Gasteiger partial charge in [0.15, 0.2) is 0 Å². The van der Waals surface area contributed by atoms with Crippen LogP contribution in [0.25, 0.3) is 23.3 Å². The van der Waals surface area contributed by atoms with E-state index in [0.717, 1.165) is 59.7 Å². The molecule has 0 saturated heterocycles. The number of carbonyl (C=O) groups is 1. The fourth-order valence-electron chi connectivity index (χ4n) is 4.83. The predicted molar refractivity (Wildman–Crippen MR) is 138 cm³/mol. The van der Waals surface area contributed by atoms with Gasteiger partial charge in [0.25, 0.3) is 5.52 Å². The number of hydrogen-bond acceptors (Lipinski definition) is 4. The number of esters is 1. The van der Waals surface area contributed by atoms with Gasteiger partial charge in [0.1, 0.15) is 23.8 Å². The molecule has 0 spiro atoms. The number of aromatic nitrogens is 1. The Morgan fingerprint density at radius 2 is 1.83 bits per heavy atom. The Labute approximate surface area is 209 Å². The third kappa shape index (κ3) is 4.13. The summed E-state index contributed by atoms with van der Waals surface area (Å²) in [5.41, 5.74) is 5.78. The van der Waals surface area contributed by atoms with Crippen LogP contribution in [0.15, 0.2) is 100 Å². The molecule has 5 nitrogen and oxygen atoms in total. The van der Waals surface area contributed by atoms with Gasteiger partial charge >= 0.3 is 11.9 Å². The summed E-state index contributed by atoms with van der Waals surface area (Å²) in [4.78, 5) is 12.5. The van der Waals surface area contributed by atoms with Crippen molar-refractivity contribution in [1.82, 2.24) is 0 Å². The smallest absolute Gasteiger partial charge is 0.374 e. The lowest BCUT2D eigenvalue weighted by molar-refractivity contribution is -0.674. The Morgan fingerprint density at radius 3 is 2.69 bits per heavy atom. The molecule has 0 bridgehead atoms. The molecule has 6 rings (SSSR count). The minimum Gasteiger partial charge on any atom is -0.456 e. The van der Waals surface area contributed by atoms with Gasteiger partial charge in [-0.05, 0) is 79.8 Å². The van der Waals surface area contributed by atoms with E-state index < -0.39 is 5.97 Å². The summed E-state index contributed by atoms with van der Waals surface area (Å²) in [6.45, 7) is 2.94. The second-order valence-electron chi connectivity index (χ2n) is 8.92. The van der Waals surface area contributed by atoms with Crippen molar-refractivity contribution in [3.63, 3.8) is 0 Å². The fraction of sp³-hybridized carbons (Fsp3) is 0.161. The molecule has 1 aromatic heterocycles. The molecule has 1 aliphatic heterocycles. The van der Waals surface area contributed by atoms with E-state index in [0.29, 0.717) is 17.1 Å². The molecule has 178 valence electrons. The molecular weight excluding hydrogens is 450 g/mol. The third-order valence-electron chi connectivity index (χ3n) is 6.60. The first-order valence-corrected chi connectivity index (χ1v) is 12.3. The Balaban J connectivity index is 1.30. The zero-order valence-corrected chi connectivity index (χ0v) is 20.1. The molecule has 2 heterocycles. The van der Waals surface area contributed by atoms with E-state index in [9.17, 15) is 4.79 Å². The molecule has 0 fully saturated rings. The lowest BCUT2D eigenvalue weighted by Gasteiger charge is -2.26. The van der Waals surface area contributed by atoms with E-state index in [1.165, 1.54) is 5.57 Å². The maximum absolute atomic E-state index is 12.5. The summed E-state index contributed by atoms with van der Waals surface area (Å²) in [7, 11) is 0. The van der Waals surface area contributed by atoms with Gasteiger partial charge in [-0.25, -0.2) is 4.79 Å². The number of aryl methyl sites for hydroxylation is 1. The number of nitrogens with zero attached hydrogens (tertiary/aromatic N) is 1. The van der Waals surface area contributed by atoms with Crippen LogP contribution in [0.5, 0.6) is 11.5 Å². The molecule has 0 atom stereocenters. The van der Waals surface area contributed by atoms with Crippen LogP contribution in [0.1, 0.15) is 48.0 Å². The number of ether oxygens (including phenoxy) is 2. The van der Waals surface area contributed by atoms with Crippen molar-refractivity contribution >= 4 is 29.2 Å². The molecule has 36 heavy (non-hydrogen) atoms. The van der Waals surface area contributed by atoms with Gasteiger partial charge in [0.05, 0.1) is 11.6 Å². The van der Waals surface area contributed by atoms with Crippen molar-refractivity contribution < 1.29 is 23.3 Å². The van der Waals surface area contributed by atoms with E-state index in [4.69, 9.17) is 13.9 Å². The van der Waals surface area contributed by atoms with Crippen LogP contribution >= 0.6 is 0 Å². The summed E-state index contributed by atoms with van der Waals surface area (Å²) in [6.07, 6.45) is 9.28. The van der Waals surface area contributed by atoms with Gasteiger partial charge in [-0.2, -0.15) is 4.57 Å². The van der Waals surface area contributed by atoms with E-state index in [1.807, 2.05) is 54.6 Å². The SMILES string of the molecule is CC[n+]1c(C=CC2=C3Oc4cc(OC(=O)c5ccccc5)ccc4C=C3CCC2)oc2ccccc21. The van der Waals surface area contributed by atoms with Gasteiger partial charge in [-0.3, -0.25) is 0 Å². The summed E-state index contributed by atoms with van der Waals surface area (Å²) in [5.74, 6) is 2.45. The van der Waals surface area contributed by atoms with Crippen LogP contribution in [-0.2, 0) is 6.54 Å². The summed E-state index contributed by atoms with van der Waals surface area (Å²) >= 11 is 0. The lowest BCUT2D eigenvalue weighted by Crippen LogP contribution is -2.33. The molecule has 0 amide bonds. The quantitative estimate of drug-likeness (QED) is 0.179. The summed E-state index contributed by atoms with van der Waals surface area (Å²) in [5, 5.41) is 0. The normalized spacial score (nSPS) is 14.9. The first kappa shape index (κ1) is 22.1. The number of fused-ring (bicyclic) bond motifs is 3. The number of para-hydroxylation sites is 2. The largest absolute Gasteiger partial charge is 0.456 e. The number of hydrogen-bond donors (Lipinski definition) is 0. The topological polar surface area (TPSA) is 52.5 Å². The highest BCUT2D eigenvalue weighted by Gasteiger charge is 2.25. The Bertz CT molecular complexity index is 1560. The second-order valence-corrected chi connectivity index (χ2v) is 8.92. The van der Waals surface area contributed by atoms with Crippen LogP contribution in [0.3, 0.4) is 0 Å². The molecule has 3 aromatic carbocycles. The molecule has 2 aliphatic rings. The van der Waals surface area contributed by atoms with Crippen LogP contribution < -0.4 is 14.0 Å². The molecule has 0 unspecified atom stereocenters. The van der Waals surface area contributed by atoms with Crippen molar-refractivity contribution in [2.45, 2.75) is 32.7 Å². The van der Waals surface area contributed by atoms with Crippen LogP contribution in [0, 0.1) is 0 Å².